The maximum atomic E-state index is 5.90. The summed E-state index contributed by atoms with van der Waals surface area (Å²) in [5, 5.41) is 1.40. The molecule has 0 aromatic heterocycles. The molecule has 0 heterocycles. The number of hydrogen-bond donors (Lipinski definition) is 0. The van der Waals surface area contributed by atoms with Crippen LogP contribution in [0.5, 0.6) is 0 Å². The van der Waals surface area contributed by atoms with Crippen LogP contribution in [0, 0.1) is 0 Å². The van der Waals surface area contributed by atoms with Crippen molar-refractivity contribution in [3.63, 3.8) is 0 Å². The molecule has 70 valence electrons. The minimum Gasteiger partial charge on any atom is -0.0843 e. The van der Waals surface area contributed by atoms with Crippen LogP contribution in [0.4, 0.5) is 0 Å². The lowest BCUT2D eigenvalue weighted by Crippen LogP contribution is -1.88. The molecule has 0 aliphatic heterocycles. The van der Waals surface area contributed by atoms with Gasteiger partial charge in [0.2, 0.25) is 0 Å². The van der Waals surface area contributed by atoms with Crippen molar-refractivity contribution in [1.82, 2.24) is 0 Å². The topological polar surface area (TPSA) is 0 Å². The summed E-state index contributed by atoms with van der Waals surface area (Å²) in [5.74, 6) is 0.476. The van der Waals surface area contributed by atoms with Gasteiger partial charge in [0.25, 0.3) is 0 Å². The van der Waals surface area contributed by atoms with E-state index in [1.54, 1.807) is 6.07 Å². The van der Waals surface area contributed by atoms with E-state index in [0.29, 0.717) is 16.0 Å². The minimum atomic E-state index is 0.0635. The zero-order valence-corrected chi connectivity index (χ0v) is 11.2. The van der Waals surface area contributed by atoms with Gasteiger partial charge in [-0.05, 0) is 30.2 Å². The second-order valence-electron chi connectivity index (χ2n) is 3.22. The Balaban J connectivity index is 2.32. The van der Waals surface area contributed by atoms with Gasteiger partial charge in [-0.3, -0.25) is 0 Å². The van der Waals surface area contributed by atoms with Crippen molar-refractivity contribution >= 4 is 55.1 Å². The fraction of sp³-hybridized carbons (Fsp3) is 0.333. The van der Waals surface area contributed by atoms with Crippen LogP contribution in [0.1, 0.15) is 17.9 Å². The fourth-order valence-electron chi connectivity index (χ4n) is 1.35. The average Bonchev–Trinajstić information content (AvgIpc) is 2.57. The second kappa shape index (κ2) is 3.41. The number of rotatable bonds is 1. The van der Waals surface area contributed by atoms with Gasteiger partial charge in [0.1, 0.15) is 0 Å². The standard InChI is InChI=1S/C9H6Br2Cl2/c10-9(11)4-8(9)5-1-6(12)3-7(13)2-5/h1-3,8H,4H2. The van der Waals surface area contributed by atoms with Crippen LogP contribution in [-0.4, -0.2) is 3.23 Å². The van der Waals surface area contributed by atoms with Gasteiger partial charge in [-0.1, -0.05) is 55.1 Å². The predicted molar refractivity (Wildman–Crippen MR) is 64.4 cm³/mol. The Morgan fingerprint density at radius 1 is 1.15 bits per heavy atom. The van der Waals surface area contributed by atoms with Crippen LogP contribution in [0.25, 0.3) is 0 Å². The molecular formula is C9H6Br2Cl2. The Bertz CT molecular complexity index is 329. The van der Waals surface area contributed by atoms with Crippen LogP contribution < -0.4 is 0 Å². The Morgan fingerprint density at radius 2 is 1.62 bits per heavy atom. The first-order valence-corrected chi connectivity index (χ1v) is 6.17. The first-order chi connectivity index (χ1) is 5.99. The third-order valence-corrected chi connectivity index (χ3v) is 4.30. The lowest BCUT2D eigenvalue weighted by molar-refractivity contribution is 1.13. The molecule has 1 fully saturated rings. The van der Waals surface area contributed by atoms with Crippen molar-refractivity contribution < 1.29 is 0 Å². The molecule has 1 aromatic rings. The fourth-order valence-corrected chi connectivity index (χ4v) is 3.07. The summed E-state index contributed by atoms with van der Waals surface area (Å²) in [6.07, 6.45) is 1.07. The Labute approximate surface area is 104 Å². The Morgan fingerprint density at radius 3 is 2.00 bits per heavy atom. The van der Waals surface area contributed by atoms with Gasteiger partial charge in [0, 0.05) is 16.0 Å². The van der Waals surface area contributed by atoms with E-state index < -0.39 is 0 Å². The van der Waals surface area contributed by atoms with Gasteiger partial charge >= 0.3 is 0 Å². The van der Waals surface area contributed by atoms with Gasteiger partial charge in [-0.15, -0.1) is 0 Å². The van der Waals surface area contributed by atoms with E-state index in [1.807, 2.05) is 12.1 Å². The molecule has 0 spiro atoms. The maximum Gasteiger partial charge on any atom is 0.0881 e. The van der Waals surface area contributed by atoms with Crippen LogP contribution in [0.15, 0.2) is 18.2 Å². The van der Waals surface area contributed by atoms with Crippen molar-refractivity contribution in [3.05, 3.63) is 33.8 Å². The molecule has 1 atom stereocenters. The molecule has 0 radical (unpaired) electrons. The maximum absolute atomic E-state index is 5.90. The van der Waals surface area contributed by atoms with E-state index in [9.17, 15) is 0 Å². The van der Waals surface area contributed by atoms with Gasteiger partial charge in [0.15, 0.2) is 0 Å². The molecule has 0 amide bonds. The number of alkyl halides is 2. The highest BCUT2D eigenvalue weighted by Gasteiger charge is 2.51. The van der Waals surface area contributed by atoms with Crippen molar-refractivity contribution in [2.45, 2.75) is 15.6 Å². The molecule has 0 N–H and O–H groups in total. The van der Waals surface area contributed by atoms with Crippen LogP contribution in [0.2, 0.25) is 10.0 Å². The average molecular weight is 345 g/mol. The third-order valence-electron chi connectivity index (χ3n) is 2.11. The number of halogens is 4. The lowest BCUT2D eigenvalue weighted by Gasteiger charge is -2.02. The zero-order valence-electron chi connectivity index (χ0n) is 6.53. The highest BCUT2D eigenvalue weighted by molar-refractivity contribution is 9.25. The van der Waals surface area contributed by atoms with E-state index in [2.05, 4.69) is 31.9 Å². The smallest absolute Gasteiger partial charge is 0.0843 e. The summed E-state index contributed by atoms with van der Waals surface area (Å²) in [7, 11) is 0. The summed E-state index contributed by atoms with van der Waals surface area (Å²) in [4.78, 5) is 0. The molecule has 13 heavy (non-hydrogen) atoms. The molecule has 1 unspecified atom stereocenters. The Kier molecular flexibility index (Phi) is 2.69. The predicted octanol–water partition coefficient (Wildman–Crippen LogP) is 4.97. The van der Waals surface area contributed by atoms with E-state index in [1.165, 1.54) is 5.56 Å². The summed E-state index contributed by atoms with van der Waals surface area (Å²) < 4.78 is 0.0635. The molecule has 0 saturated heterocycles. The summed E-state index contributed by atoms with van der Waals surface area (Å²) in [6, 6.07) is 5.67. The highest BCUT2D eigenvalue weighted by atomic mass is 79.9. The molecule has 4 heteroatoms. The van der Waals surface area contributed by atoms with E-state index >= 15 is 0 Å². The first-order valence-electron chi connectivity index (χ1n) is 3.83. The molecule has 0 bridgehead atoms. The van der Waals surface area contributed by atoms with E-state index in [0.717, 1.165) is 6.42 Å². The minimum absolute atomic E-state index is 0.0635. The second-order valence-corrected chi connectivity index (χ2v) is 7.99. The number of benzene rings is 1. The summed E-state index contributed by atoms with van der Waals surface area (Å²) in [5.41, 5.74) is 1.19. The first kappa shape index (κ1) is 10.3. The lowest BCUT2D eigenvalue weighted by atomic mass is 10.1. The molecule has 1 saturated carbocycles. The monoisotopic (exact) mass is 342 g/mol. The Hall–Kier alpha value is 0.760. The van der Waals surface area contributed by atoms with Gasteiger partial charge in [-0.2, -0.15) is 0 Å². The van der Waals surface area contributed by atoms with Crippen LogP contribution >= 0.6 is 55.1 Å². The molecular weight excluding hydrogens is 339 g/mol. The van der Waals surface area contributed by atoms with Crippen molar-refractivity contribution in [1.29, 1.82) is 0 Å². The van der Waals surface area contributed by atoms with Crippen molar-refractivity contribution in [2.75, 3.05) is 0 Å². The SMILES string of the molecule is Clc1cc(Cl)cc(C2CC2(Br)Br)c1. The molecule has 2 rings (SSSR count). The quantitative estimate of drug-likeness (QED) is 0.631. The third kappa shape index (κ3) is 2.23. The summed E-state index contributed by atoms with van der Waals surface area (Å²) in [6.45, 7) is 0. The van der Waals surface area contributed by atoms with Gasteiger partial charge < -0.3 is 0 Å². The van der Waals surface area contributed by atoms with E-state index in [4.69, 9.17) is 23.2 Å². The number of hydrogen-bond acceptors (Lipinski definition) is 0. The van der Waals surface area contributed by atoms with Crippen molar-refractivity contribution in [3.8, 4) is 0 Å². The zero-order chi connectivity index (χ0) is 9.64. The van der Waals surface area contributed by atoms with Gasteiger partial charge in [-0.25, -0.2) is 0 Å². The molecule has 1 aromatic carbocycles. The van der Waals surface area contributed by atoms with Crippen molar-refractivity contribution in [2.24, 2.45) is 0 Å². The molecule has 0 nitrogen and oxygen atoms in total. The van der Waals surface area contributed by atoms with Crippen LogP contribution in [-0.2, 0) is 0 Å². The highest BCUT2D eigenvalue weighted by Crippen LogP contribution is 2.62. The van der Waals surface area contributed by atoms with Crippen LogP contribution in [0.3, 0.4) is 0 Å². The normalized spacial score (nSPS) is 24.5. The van der Waals surface area contributed by atoms with Gasteiger partial charge in [0.05, 0.1) is 3.23 Å². The molecule has 1 aliphatic carbocycles. The summed E-state index contributed by atoms with van der Waals surface area (Å²) >= 11 is 18.9. The van der Waals surface area contributed by atoms with E-state index in [-0.39, 0.29) is 3.23 Å². The molecule has 1 aliphatic rings. The largest absolute Gasteiger partial charge is 0.0881 e.